The maximum Gasteiger partial charge on any atom is 0.410 e. The van der Waals surface area contributed by atoms with Crippen LogP contribution in [0.2, 0.25) is 0 Å². The number of pyridine rings is 1. The molecule has 1 unspecified atom stereocenters. The number of benzene rings is 2. The van der Waals surface area contributed by atoms with Crippen LogP contribution in [0, 0.1) is 0 Å². The summed E-state index contributed by atoms with van der Waals surface area (Å²) in [6.07, 6.45) is 6.17. The van der Waals surface area contributed by atoms with Gasteiger partial charge in [-0.3, -0.25) is 0 Å². The van der Waals surface area contributed by atoms with Gasteiger partial charge in [-0.15, -0.1) is 0 Å². The lowest BCUT2D eigenvalue weighted by molar-refractivity contribution is 0.0614. The third-order valence-electron chi connectivity index (χ3n) is 7.21. The molecule has 1 atom stereocenters. The number of ether oxygens (including phenoxy) is 1. The van der Waals surface area contributed by atoms with Crippen LogP contribution in [0.3, 0.4) is 0 Å². The zero-order valence-electron chi connectivity index (χ0n) is 20.9. The van der Waals surface area contributed by atoms with Gasteiger partial charge in [0, 0.05) is 24.7 Å². The van der Waals surface area contributed by atoms with Crippen LogP contribution in [-0.2, 0) is 26.9 Å². The van der Waals surface area contributed by atoms with E-state index in [1.54, 1.807) is 53.8 Å². The minimum absolute atomic E-state index is 0.191. The Bertz CT molecular complexity index is 1730. The van der Waals surface area contributed by atoms with Crippen LogP contribution in [0.25, 0.3) is 22.1 Å². The molecule has 1 aliphatic heterocycles. The van der Waals surface area contributed by atoms with Crippen molar-refractivity contribution >= 4 is 38.2 Å². The van der Waals surface area contributed by atoms with E-state index in [1.807, 2.05) is 30.3 Å². The number of hydrogen-bond donors (Lipinski definition) is 0. The molecule has 0 saturated carbocycles. The molecule has 6 rings (SSSR count). The second-order valence-corrected chi connectivity index (χ2v) is 11.7. The van der Waals surface area contributed by atoms with Crippen LogP contribution in [-0.4, -0.2) is 51.0 Å². The number of nitrogens with zero attached hydrogens (tertiary/aromatic N) is 5. The summed E-state index contributed by atoms with van der Waals surface area (Å²) in [6.45, 7) is 3.36. The average molecular weight is 530 g/mol. The molecule has 1 aliphatic rings. The van der Waals surface area contributed by atoms with E-state index < -0.39 is 15.6 Å². The molecule has 5 aromatic rings. The monoisotopic (exact) mass is 529 g/mol. The molecule has 0 spiro atoms. The second-order valence-electron chi connectivity index (χ2n) is 9.84. The first-order valence-corrected chi connectivity index (χ1v) is 13.9. The van der Waals surface area contributed by atoms with Gasteiger partial charge in [-0.05, 0) is 43.5 Å². The smallest absolute Gasteiger partial charge is 0.410 e. The first kappa shape index (κ1) is 24.2. The van der Waals surface area contributed by atoms with Crippen LogP contribution < -0.4 is 0 Å². The summed E-state index contributed by atoms with van der Waals surface area (Å²) in [5.41, 5.74) is 2.26. The minimum Gasteiger partial charge on any atom is -0.445 e. The lowest BCUT2D eigenvalue weighted by atomic mass is 9.90. The van der Waals surface area contributed by atoms with E-state index >= 15 is 0 Å². The highest BCUT2D eigenvalue weighted by Gasteiger charge is 2.37. The Morgan fingerprint density at radius 2 is 1.76 bits per heavy atom. The SMILES string of the molecule is CC1(n2cnc3cnc4c(ccn4S(=O)(=O)c4ccccc4)c32)CCCN(C(=O)OCc2ccccc2)C1. The molecule has 1 fully saturated rings. The Morgan fingerprint density at radius 3 is 2.53 bits per heavy atom. The van der Waals surface area contributed by atoms with Crippen LogP contribution >= 0.6 is 0 Å². The summed E-state index contributed by atoms with van der Waals surface area (Å²) in [5.74, 6) is 0. The standard InChI is InChI=1S/C28H27N5O4S/c1-28(14-8-15-31(19-28)27(34)37-18-21-9-4-2-5-10-21)32-20-30-24-17-29-26-23(25(24)32)13-16-33(26)38(35,36)22-11-6-3-7-12-22/h2-7,9-13,16-17,20H,8,14-15,18-19H2,1H3. The molecule has 194 valence electrons. The van der Waals surface area contributed by atoms with Crippen molar-refractivity contribution in [2.75, 3.05) is 13.1 Å². The first-order chi connectivity index (χ1) is 18.4. The predicted octanol–water partition coefficient (Wildman–Crippen LogP) is 4.77. The topological polar surface area (TPSA) is 99.3 Å². The first-order valence-electron chi connectivity index (χ1n) is 12.5. The van der Waals surface area contributed by atoms with E-state index in [2.05, 4.69) is 21.5 Å². The summed E-state index contributed by atoms with van der Waals surface area (Å²) in [5, 5.41) is 0.685. The Hall–Kier alpha value is -4.18. The van der Waals surface area contributed by atoms with E-state index in [0.717, 1.165) is 23.9 Å². The summed E-state index contributed by atoms with van der Waals surface area (Å²) in [7, 11) is -3.82. The average Bonchev–Trinajstić information content (AvgIpc) is 3.58. The lowest BCUT2D eigenvalue weighted by Crippen LogP contribution is -2.50. The van der Waals surface area contributed by atoms with Crippen molar-refractivity contribution in [2.45, 2.75) is 36.8 Å². The Morgan fingerprint density at radius 1 is 1.03 bits per heavy atom. The molecule has 0 aliphatic carbocycles. The van der Waals surface area contributed by atoms with Crippen LogP contribution in [0.4, 0.5) is 4.79 Å². The van der Waals surface area contributed by atoms with Gasteiger partial charge in [0.15, 0.2) is 5.65 Å². The van der Waals surface area contributed by atoms with Crippen molar-refractivity contribution in [3.63, 3.8) is 0 Å². The molecule has 0 bridgehead atoms. The number of carbonyl (C=O) groups is 1. The highest BCUT2D eigenvalue weighted by Crippen LogP contribution is 2.35. The van der Waals surface area contributed by atoms with Crippen molar-refractivity contribution < 1.29 is 17.9 Å². The van der Waals surface area contributed by atoms with Gasteiger partial charge in [-0.1, -0.05) is 48.5 Å². The zero-order valence-corrected chi connectivity index (χ0v) is 21.7. The number of imidazole rings is 1. The molecule has 0 radical (unpaired) electrons. The number of hydrogen-bond acceptors (Lipinski definition) is 6. The fraction of sp³-hybridized carbons (Fsp3) is 0.250. The van der Waals surface area contributed by atoms with Crippen molar-refractivity contribution in [3.05, 3.63) is 91.0 Å². The van der Waals surface area contributed by atoms with Crippen LogP contribution in [0.1, 0.15) is 25.3 Å². The normalized spacial score (nSPS) is 18.2. The molecule has 0 N–H and O–H groups in total. The van der Waals surface area contributed by atoms with Crippen molar-refractivity contribution in [1.82, 2.24) is 23.4 Å². The summed E-state index contributed by atoms with van der Waals surface area (Å²) in [4.78, 5) is 23.9. The van der Waals surface area contributed by atoms with Gasteiger partial charge in [0.1, 0.15) is 12.1 Å². The van der Waals surface area contributed by atoms with Gasteiger partial charge in [-0.2, -0.15) is 0 Å². The van der Waals surface area contributed by atoms with Gasteiger partial charge in [0.05, 0.1) is 28.5 Å². The fourth-order valence-electron chi connectivity index (χ4n) is 5.26. The van der Waals surface area contributed by atoms with E-state index in [0.29, 0.717) is 29.6 Å². The Balaban J connectivity index is 1.34. The molecule has 4 heterocycles. The number of rotatable bonds is 5. The molecular weight excluding hydrogens is 502 g/mol. The van der Waals surface area contributed by atoms with Gasteiger partial charge in [0.2, 0.25) is 0 Å². The number of fused-ring (bicyclic) bond motifs is 3. The number of carbonyl (C=O) groups excluding carboxylic acids is 1. The fourth-order valence-corrected chi connectivity index (χ4v) is 6.58. The van der Waals surface area contributed by atoms with Crippen molar-refractivity contribution in [3.8, 4) is 0 Å². The maximum atomic E-state index is 13.4. The highest BCUT2D eigenvalue weighted by atomic mass is 32.2. The van der Waals surface area contributed by atoms with Crippen molar-refractivity contribution in [1.29, 1.82) is 0 Å². The number of likely N-dealkylation sites (tertiary alicyclic amines) is 1. The number of amides is 1. The largest absolute Gasteiger partial charge is 0.445 e. The molecule has 9 nitrogen and oxygen atoms in total. The predicted molar refractivity (Wildman–Crippen MR) is 143 cm³/mol. The lowest BCUT2D eigenvalue weighted by Gasteiger charge is -2.41. The quantitative estimate of drug-likeness (QED) is 0.325. The number of aromatic nitrogens is 4. The summed E-state index contributed by atoms with van der Waals surface area (Å²) in [6, 6.07) is 19.7. The third kappa shape index (κ3) is 4.10. The minimum atomic E-state index is -3.82. The number of piperidine rings is 1. The van der Waals surface area contributed by atoms with Crippen LogP contribution in [0.15, 0.2) is 90.3 Å². The van der Waals surface area contributed by atoms with E-state index in [9.17, 15) is 13.2 Å². The van der Waals surface area contributed by atoms with Gasteiger partial charge >= 0.3 is 6.09 Å². The third-order valence-corrected chi connectivity index (χ3v) is 8.89. The highest BCUT2D eigenvalue weighted by molar-refractivity contribution is 7.90. The van der Waals surface area contributed by atoms with Gasteiger partial charge in [-0.25, -0.2) is 27.2 Å². The summed E-state index contributed by atoms with van der Waals surface area (Å²) < 4.78 is 35.6. The van der Waals surface area contributed by atoms with Gasteiger partial charge in [0.25, 0.3) is 10.0 Å². The molecule has 1 saturated heterocycles. The van der Waals surface area contributed by atoms with E-state index in [1.165, 1.54) is 10.2 Å². The summed E-state index contributed by atoms with van der Waals surface area (Å²) >= 11 is 0. The van der Waals surface area contributed by atoms with Crippen LogP contribution in [0.5, 0.6) is 0 Å². The van der Waals surface area contributed by atoms with Crippen molar-refractivity contribution in [2.24, 2.45) is 0 Å². The Kier molecular flexibility index (Phi) is 5.91. The zero-order chi connectivity index (χ0) is 26.3. The van der Waals surface area contributed by atoms with E-state index in [4.69, 9.17) is 4.74 Å². The molecule has 38 heavy (non-hydrogen) atoms. The molecule has 3 aromatic heterocycles. The molecule has 1 amide bonds. The van der Waals surface area contributed by atoms with E-state index in [-0.39, 0.29) is 17.6 Å². The molecule has 10 heteroatoms. The van der Waals surface area contributed by atoms with Gasteiger partial charge < -0.3 is 14.2 Å². The molecular formula is C28H27N5O4S. The second kappa shape index (κ2) is 9.29. The maximum absolute atomic E-state index is 13.4. The molecule has 2 aromatic carbocycles. The Labute approximate surface area is 220 Å².